The van der Waals surface area contributed by atoms with Crippen LogP contribution in [0.4, 0.5) is 0 Å². The Morgan fingerprint density at radius 2 is 0.693 bits per heavy atom. The van der Waals surface area contributed by atoms with Gasteiger partial charge >= 0.3 is 17.9 Å². The molecule has 0 bridgehead atoms. The van der Waals surface area contributed by atoms with Crippen molar-refractivity contribution in [2.24, 2.45) is 0 Å². The summed E-state index contributed by atoms with van der Waals surface area (Å²) in [5, 5.41) is 12.0. The molecule has 386 valence electrons. The minimum absolute atomic E-state index is 0.0294. The maximum atomic E-state index is 14.3. The second-order valence-corrected chi connectivity index (χ2v) is 17.9. The first-order chi connectivity index (χ1) is 36.9. The van der Waals surface area contributed by atoms with E-state index >= 15 is 0 Å². The molecule has 0 aromatic heterocycles. The Kier molecular flexibility index (Phi) is 18.7. The first-order valence-corrected chi connectivity index (χ1v) is 24.8. The van der Waals surface area contributed by atoms with Gasteiger partial charge < -0.3 is 52.5 Å². The van der Waals surface area contributed by atoms with Crippen LogP contribution in [0.3, 0.4) is 0 Å². The molecule has 75 heavy (non-hydrogen) atoms. The minimum Gasteiger partial charge on any atom is -0.459 e. The Labute approximate surface area is 435 Å². The number of rotatable bonds is 22. The fourth-order valence-corrected chi connectivity index (χ4v) is 8.80. The standard InChI is InChI=1S/C61H58O14/c62-57(46-30-16-5-17-31-46)70-40-50-52(74-58(63)47-32-18-6-19-33-47)54(75-59(64)48-34-20-7-21-35-48)56(69-39-45-28-14-4-15-29-45)61(73-50)71-41-49-51(66-36-42-22-8-1-9-23-42)53(67-37-43-24-10-2-11-25-43)55(60(65)72-49)68-38-44-26-12-3-13-27-44/h1-35,49-56,60-61,65H,36-41H2/t49-,50-,51-,52-,53+,54+,55-,56-,60+,61+/m1/s1. The van der Waals surface area contributed by atoms with Gasteiger partial charge in [0.25, 0.3) is 0 Å². The fraction of sp³-hybridized carbons (Fsp3) is 0.262. The van der Waals surface area contributed by atoms with Crippen molar-refractivity contribution in [2.75, 3.05) is 13.2 Å². The highest BCUT2D eigenvalue weighted by molar-refractivity contribution is 5.91. The molecule has 14 heteroatoms. The number of esters is 3. The third-order valence-electron chi connectivity index (χ3n) is 12.7. The zero-order chi connectivity index (χ0) is 51.6. The van der Waals surface area contributed by atoms with Crippen LogP contribution < -0.4 is 0 Å². The summed E-state index contributed by atoms with van der Waals surface area (Å²) in [6.45, 7) is -0.435. The maximum absolute atomic E-state index is 14.3. The van der Waals surface area contributed by atoms with E-state index < -0.39 is 85.9 Å². The molecule has 2 aliphatic heterocycles. The summed E-state index contributed by atoms with van der Waals surface area (Å²) in [5.41, 5.74) is 4.04. The van der Waals surface area contributed by atoms with E-state index in [1.807, 2.05) is 121 Å². The topological polar surface area (TPSA) is 164 Å². The molecule has 2 saturated heterocycles. The van der Waals surface area contributed by atoms with Crippen LogP contribution in [-0.2, 0) is 73.8 Å². The van der Waals surface area contributed by atoms with Crippen LogP contribution >= 0.6 is 0 Å². The monoisotopic (exact) mass is 1010 g/mol. The second kappa shape index (κ2) is 26.7. The maximum Gasteiger partial charge on any atom is 0.338 e. The summed E-state index contributed by atoms with van der Waals surface area (Å²) in [6.07, 6.45) is -12.5. The van der Waals surface area contributed by atoms with Gasteiger partial charge in [-0.15, -0.1) is 0 Å². The van der Waals surface area contributed by atoms with E-state index in [-0.39, 0.29) is 49.7 Å². The molecule has 0 spiro atoms. The van der Waals surface area contributed by atoms with Gasteiger partial charge in [-0.2, -0.15) is 0 Å². The first-order valence-electron chi connectivity index (χ1n) is 24.8. The first kappa shape index (κ1) is 52.5. The number of aliphatic hydroxyl groups excluding tert-OH is 1. The van der Waals surface area contributed by atoms with Crippen LogP contribution in [0.15, 0.2) is 212 Å². The Bertz CT molecular complexity index is 2810. The van der Waals surface area contributed by atoms with Crippen molar-refractivity contribution in [3.63, 3.8) is 0 Å². The number of hydrogen-bond acceptors (Lipinski definition) is 14. The molecule has 0 amide bonds. The lowest BCUT2D eigenvalue weighted by molar-refractivity contribution is -0.341. The van der Waals surface area contributed by atoms with Crippen LogP contribution in [-0.4, -0.2) is 97.6 Å². The van der Waals surface area contributed by atoms with E-state index in [1.54, 1.807) is 91.0 Å². The molecule has 0 aliphatic carbocycles. The molecule has 2 fully saturated rings. The average Bonchev–Trinajstić information content (AvgIpc) is 3.46. The molecule has 2 heterocycles. The Balaban J connectivity index is 1.07. The third kappa shape index (κ3) is 14.5. The molecule has 14 nitrogen and oxygen atoms in total. The van der Waals surface area contributed by atoms with Crippen molar-refractivity contribution in [1.29, 1.82) is 0 Å². The molecule has 9 rings (SSSR count). The lowest BCUT2D eigenvalue weighted by Crippen LogP contribution is -2.64. The number of carbonyl (C=O) groups excluding carboxylic acids is 3. The van der Waals surface area contributed by atoms with Crippen LogP contribution in [0.2, 0.25) is 0 Å². The second-order valence-electron chi connectivity index (χ2n) is 17.9. The summed E-state index contributed by atoms with van der Waals surface area (Å²) in [4.78, 5) is 42.0. The number of ether oxygens (including phenoxy) is 10. The molecule has 7 aromatic carbocycles. The van der Waals surface area contributed by atoms with Gasteiger partial charge in [-0.3, -0.25) is 0 Å². The average molecular weight is 1020 g/mol. The van der Waals surface area contributed by atoms with Gasteiger partial charge in [0.1, 0.15) is 43.2 Å². The normalized spacial score (nSPS) is 23.4. The highest BCUT2D eigenvalue weighted by atomic mass is 16.7. The van der Waals surface area contributed by atoms with E-state index in [9.17, 15) is 19.5 Å². The van der Waals surface area contributed by atoms with Crippen LogP contribution in [0.1, 0.15) is 53.3 Å². The van der Waals surface area contributed by atoms with Crippen molar-refractivity contribution >= 4 is 17.9 Å². The lowest BCUT2D eigenvalue weighted by atomic mass is 9.96. The number of benzene rings is 7. The molecule has 0 saturated carbocycles. The Morgan fingerprint density at radius 3 is 1.13 bits per heavy atom. The van der Waals surface area contributed by atoms with E-state index in [0.29, 0.717) is 0 Å². The van der Waals surface area contributed by atoms with Gasteiger partial charge in [-0.25, -0.2) is 14.4 Å². The zero-order valence-corrected chi connectivity index (χ0v) is 41.0. The van der Waals surface area contributed by atoms with Crippen LogP contribution in [0.5, 0.6) is 0 Å². The lowest BCUT2D eigenvalue weighted by Gasteiger charge is -2.47. The third-order valence-corrected chi connectivity index (χ3v) is 12.7. The van der Waals surface area contributed by atoms with Crippen molar-refractivity contribution < 1.29 is 66.9 Å². The number of carbonyl (C=O) groups is 3. The fourth-order valence-electron chi connectivity index (χ4n) is 8.80. The summed E-state index contributed by atoms with van der Waals surface area (Å²) in [7, 11) is 0. The van der Waals surface area contributed by atoms with Gasteiger partial charge in [0.15, 0.2) is 24.8 Å². The van der Waals surface area contributed by atoms with Crippen molar-refractivity contribution in [1.82, 2.24) is 0 Å². The van der Waals surface area contributed by atoms with E-state index in [1.165, 1.54) is 0 Å². The summed E-state index contributed by atoms with van der Waals surface area (Å²) in [6, 6.07) is 63.0. The molecular formula is C61H58O14. The Morgan fingerprint density at radius 1 is 0.347 bits per heavy atom. The number of hydrogen-bond donors (Lipinski definition) is 1. The van der Waals surface area contributed by atoms with Gasteiger partial charge in [0.2, 0.25) is 0 Å². The predicted octanol–water partition coefficient (Wildman–Crippen LogP) is 9.09. The highest BCUT2D eigenvalue weighted by Crippen LogP contribution is 2.35. The van der Waals surface area contributed by atoms with Crippen molar-refractivity contribution in [2.45, 2.75) is 87.8 Å². The molecule has 1 N–H and O–H groups in total. The van der Waals surface area contributed by atoms with Gasteiger partial charge in [0, 0.05) is 0 Å². The van der Waals surface area contributed by atoms with E-state index in [0.717, 1.165) is 22.3 Å². The van der Waals surface area contributed by atoms with Gasteiger partial charge in [-0.05, 0) is 58.7 Å². The smallest absolute Gasteiger partial charge is 0.338 e. The zero-order valence-electron chi connectivity index (χ0n) is 41.0. The minimum atomic E-state index is -1.54. The highest BCUT2D eigenvalue weighted by Gasteiger charge is 2.54. The van der Waals surface area contributed by atoms with E-state index in [4.69, 9.17) is 47.4 Å². The summed E-state index contributed by atoms with van der Waals surface area (Å²) in [5.74, 6) is -2.21. The Hall–Kier alpha value is -7.37. The summed E-state index contributed by atoms with van der Waals surface area (Å²) >= 11 is 0. The van der Waals surface area contributed by atoms with Crippen molar-refractivity contribution in [3.8, 4) is 0 Å². The SMILES string of the molecule is O=C(OC[C@H]1O[C@H](OC[C@H]2O[C@H](O)[C@H](OCc3ccccc3)[C@@H](OCc3ccccc3)[C@@H]2OCc2ccccc2)[C@H](OCc2ccccc2)[C@@H](OC(=O)c2ccccc2)[C@@H]1OC(=O)c1ccccc1)c1ccccc1. The van der Waals surface area contributed by atoms with Gasteiger partial charge in [-0.1, -0.05) is 176 Å². The molecule has 0 unspecified atom stereocenters. The van der Waals surface area contributed by atoms with Gasteiger partial charge in [0.05, 0.1) is 49.7 Å². The molecule has 0 radical (unpaired) electrons. The van der Waals surface area contributed by atoms with Crippen LogP contribution in [0, 0.1) is 0 Å². The van der Waals surface area contributed by atoms with Crippen LogP contribution in [0.25, 0.3) is 0 Å². The molecule has 7 aromatic rings. The summed E-state index contributed by atoms with van der Waals surface area (Å²) < 4.78 is 65.1. The molecular weight excluding hydrogens is 957 g/mol. The van der Waals surface area contributed by atoms with E-state index in [2.05, 4.69) is 0 Å². The quantitative estimate of drug-likeness (QED) is 0.0505. The molecule has 2 aliphatic rings. The van der Waals surface area contributed by atoms with Crippen molar-refractivity contribution in [3.05, 3.63) is 251 Å². The predicted molar refractivity (Wildman–Crippen MR) is 274 cm³/mol. The molecule has 10 atom stereocenters. The number of aliphatic hydroxyl groups is 1. The largest absolute Gasteiger partial charge is 0.459 e.